The number of fused-ring (bicyclic) bond motifs is 1. The number of carbonyl (C=O) groups is 1. The van der Waals surface area contributed by atoms with Crippen molar-refractivity contribution in [1.29, 1.82) is 0 Å². The summed E-state index contributed by atoms with van der Waals surface area (Å²) in [6.45, 7) is 1.94. The normalized spacial score (nSPS) is 20.8. The fourth-order valence-corrected chi connectivity index (χ4v) is 4.66. The smallest absolute Gasteiger partial charge is 0.286 e. The van der Waals surface area contributed by atoms with Crippen LogP contribution in [0.4, 0.5) is 5.69 Å². The van der Waals surface area contributed by atoms with Gasteiger partial charge in [0.2, 0.25) is 5.91 Å². The highest BCUT2D eigenvalue weighted by Crippen LogP contribution is 2.28. The lowest BCUT2D eigenvalue weighted by Gasteiger charge is -2.24. The lowest BCUT2D eigenvalue weighted by Crippen LogP contribution is -2.37. The molecule has 1 aromatic carbocycles. The second kappa shape index (κ2) is 7.56. The molecular formula is C18H25N3O3S. The first-order chi connectivity index (χ1) is 11.9. The van der Waals surface area contributed by atoms with Gasteiger partial charge in [0.25, 0.3) is 10.0 Å². The summed E-state index contributed by atoms with van der Waals surface area (Å²) in [5.41, 5.74) is 0.548. The van der Waals surface area contributed by atoms with Crippen molar-refractivity contribution >= 4 is 27.5 Å². The summed E-state index contributed by atoms with van der Waals surface area (Å²) in [6.07, 6.45) is 6.53. The fraction of sp³-hybridized carbons (Fsp3) is 0.556. The maximum absolute atomic E-state index is 12.2. The molecule has 136 valence electrons. The van der Waals surface area contributed by atoms with Crippen LogP contribution in [0.15, 0.2) is 33.6 Å². The van der Waals surface area contributed by atoms with Crippen LogP contribution in [0.2, 0.25) is 0 Å². The predicted octanol–water partition coefficient (Wildman–Crippen LogP) is 3.06. The van der Waals surface area contributed by atoms with Gasteiger partial charge in [-0.05, 0) is 30.9 Å². The highest BCUT2D eigenvalue weighted by molar-refractivity contribution is 7.90. The van der Waals surface area contributed by atoms with Crippen LogP contribution in [0.1, 0.15) is 51.9 Å². The van der Waals surface area contributed by atoms with Crippen LogP contribution >= 0.6 is 0 Å². The number of hydrogen-bond acceptors (Lipinski definition) is 4. The summed E-state index contributed by atoms with van der Waals surface area (Å²) in [5.74, 6) is 0.450. The van der Waals surface area contributed by atoms with Gasteiger partial charge in [0.05, 0.1) is 5.69 Å². The molecule has 0 radical (unpaired) electrons. The van der Waals surface area contributed by atoms with Gasteiger partial charge < -0.3 is 10.6 Å². The Morgan fingerprint density at radius 2 is 2.00 bits per heavy atom. The SMILES string of the molecule is CC(CC(=O)NC1CCCCC1)CC1=NS(=O)(=O)c2ccccc2N1. The Kier molecular flexibility index (Phi) is 5.42. The van der Waals surface area contributed by atoms with Crippen molar-refractivity contribution in [2.75, 3.05) is 5.32 Å². The molecule has 2 aliphatic rings. The highest BCUT2D eigenvalue weighted by Gasteiger charge is 2.25. The van der Waals surface area contributed by atoms with Crippen molar-refractivity contribution in [3.05, 3.63) is 24.3 Å². The number of benzene rings is 1. The molecule has 1 atom stereocenters. The monoisotopic (exact) mass is 363 g/mol. The Labute approximate surface area is 149 Å². The second-order valence-corrected chi connectivity index (χ2v) is 8.62. The number of nitrogens with one attached hydrogen (secondary N) is 2. The van der Waals surface area contributed by atoms with Crippen LogP contribution in [0.5, 0.6) is 0 Å². The number of amides is 1. The minimum absolute atomic E-state index is 0.00954. The van der Waals surface area contributed by atoms with Gasteiger partial charge in [0.15, 0.2) is 0 Å². The van der Waals surface area contributed by atoms with E-state index in [0.29, 0.717) is 30.4 Å². The number of sulfonamides is 1. The van der Waals surface area contributed by atoms with Gasteiger partial charge in [-0.3, -0.25) is 4.79 Å². The number of rotatable bonds is 5. The van der Waals surface area contributed by atoms with Gasteiger partial charge in [0.1, 0.15) is 10.7 Å². The molecule has 0 saturated heterocycles. The largest absolute Gasteiger partial charge is 0.353 e. The number of anilines is 1. The molecule has 0 spiro atoms. The summed E-state index contributed by atoms with van der Waals surface area (Å²) in [5, 5.41) is 6.18. The third kappa shape index (κ3) is 4.60. The van der Waals surface area contributed by atoms with Crippen LogP contribution in [0.25, 0.3) is 0 Å². The van der Waals surface area contributed by atoms with E-state index in [-0.39, 0.29) is 16.7 Å². The zero-order valence-electron chi connectivity index (χ0n) is 14.5. The molecule has 25 heavy (non-hydrogen) atoms. The Hall–Kier alpha value is -1.89. The number of para-hydroxylation sites is 1. The van der Waals surface area contributed by atoms with Crippen molar-refractivity contribution < 1.29 is 13.2 Å². The van der Waals surface area contributed by atoms with E-state index >= 15 is 0 Å². The lowest BCUT2D eigenvalue weighted by atomic mass is 9.95. The second-order valence-electron chi connectivity index (χ2n) is 7.05. The molecule has 3 rings (SSSR count). The first-order valence-corrected chi connectivity index (χ1v) is 10.4. The Balaban J connectivity index is 1.57. The van der Waals surface area contributed by atoms with Crippen LogP contribution in [0.3, 0.4) is 0 Å². The third-order valence-corrected chi connectivity index (χ3v) is 6.09. The summed E-state index contributed by atoms with van der Waals surface area (Å²) in [6, 6.07) is 7.02. The van der Waals surface area contributed by atoms with E-state index in [1.165, 1.54) is 19.3 Å². The van der Waals surface area contributed by atoms with E-state index in [9.17, 15) is 13.2 Å². The number of amidine groups is 1. The Morgan fingerprint density at radius 3 is 2.76 bits per heavy atom. The topological polar surface area (TPSA) is 87.6 Å². The predicted molar refractivity (Wildman–Crippen MR) is 98.1 cm³/mol. The summed E-state index contributed by atoms with van der Waals surface area (Å²) < 4.78 is 28.4. The zero-order chi connectivity index (χ0) is 17.9. The molecule has 1 aliphatic carbocycles. The van der Waals surface area contributed by atoms with E-state index in [1.54, 1.807) is 24.3 Å². The molecular weight excluding hydrogens is 338 g/mol. The van der Waals surface area contributed by atoms with Gasteiger partial charge in [0, 0.05) is 18.9 Å². The van der Waals surface area contributed by atoms with E-state index in [4.69, 9.17) is 0 Å². The average molecular weight is 363 g/mol. The van der Waals surface area contributed by atoms with Gasteiger partial charge in [-0.1, -0.05) is 38.3 Å². The van der Waals surface area contributed by atoms with Crippen molar-refractivity contribution in [2.45, 2.75) is 62.8 Å². The van der Waals surface area contributed by atoms with Crippen molar-refractivity contribution in [3.8, 4) is 0 Å². The minimum Gasteiger partial charge on any atom is -0.353 e. The maximum atomic E-state index is 12.2. The molecule has 6 nitrogen and oxygen atoms in total. The molecule has 1 fully saturated rings. The van der Waals surface area contributed by atoms with Crippen LogP contribution in [0, 0.1) is 5.92 Å². The summed E-state index contributed by atoms with van der Waals surface area (Å²) >= 11 is 0. The zero-order valence-corrected chi connectivity index (χ0v) is 15.3. The molecule has 2 N–H and O–H groups in total. The Bertz CT molecular complexity index is 768. The van der Waals surface area contributed by atoms with Gasteiger partial charge in [-0.15, -0.1) is 4.40 Å². The molecule has 1 unspecified atom stereocenters. The van der Waals surface area contributed by atoms with Crippen molar-refractivity contribution in [2.24, 2.45) is 10.3 Å². The summed E-state index contributed by atoms with van der Waals surface area (Å²) in [7, 11) is -3.66. The Morgan fingerprint density at radius 1 is 1.28 bits per heavy atom. The lowest BCUT2D eigenvalue weighted by molar-refractivity contribution is -0.122. The van der Waals surface area contributed by atoms with Crippen LogP contribution < -0.4 is 10.6 Å². The molecule has 1 amide bonds. The average Bonchev–Trinajstić information content (AvgIpc) is 2.54. The molecule has 1 aliphatic heterocycles. The van der Waals surface area contributed by atoms with Crippen LogP contribution in [-0.2, 0) is 14.8 Å². The highest BCUT2D eigenvalue weighted by atomic mass is 32.2. The van der Waals surface area contributed by atoms with Gasteiger partial charge in [-0.2, -0.15) is 8.42 Å². The standard InChI is InChI=1S/C18H25N3O3S/c1-13(12-18(22)19-14-7-3-2-4-8-14)11-17-20-15-9-5-6-10-16(15)25(23,24)21-17/h5-6,9-10,13-14H,2-4,7-8,11-12H2,1H3,(H,19,22)(H,20,21). The molecule has 1 heterocycles. The molecule has 1 aromatic rings. The van der Waals surface area contributed by atoms with E-state index in [0.717, 1.165) is 12.8 Å². The first kappa shape index (κ1) is 17.9. The van der Waals surface area contributed by atoms with Crippen molar-refractivity contribution in [3.63, 3.8) is 0 Å². The molecule has 7 heteroatoms. The quantitative estimate of drug-likeness (QED) is 0.841. The van der Waals surface area contributed by atoms with Gasteiger partial charge >= 0.3 is 0 Å². The fourth-order valence-electron chi connectivity index (χ4n) is 3.51. The number of carbonyl (C=O) groups excluding carboxylic acids is 1. The summed E-state index contributed by atoms with van der Waals surface area (Å²) in [4.78, 5) is 12.4. The first-order valence-electron chi connectivity index (χ1n) is 8.93. The van der Waals surface area contributed by atoms with Gasteiger partial charge in [-0.25, -0.2) is 0 Å². The van der Waals surface area contributed by atoms with Crippen LogP contribution in [-0.4, -0.2) is 26.2 Å². The minimum atomic E-state index is -3.66. The molecule has 0 bridgehead atoms. The van der Waals surface area contributed by atoms with E-state index in [1.807, 2.05) is 6.92 Å². The molecule has 1 saturated carbocycles. The number of nitrogens with zero attached hydrogens (tertiary/aromatic N) is 1. The molecule has 0 aromatic heterocycles. The van der Waals surface area contributed by atoms with E-state index < -0.39 is 10.0 Å². The number of hydrogen-bond donors (Lipinski definition) is 2. The maximum Gasteiger partial charge on any atom is 0.286 e. The van der Waals surface area contributed by atoms with Crippen molar-refractivity contribution in [1.82, 2.24) is 5.32 Å². The van der Waals surface area contributed by atoms with E-state index in [2.05, 4.69) is 15.0 Å². The third-order valence-electron chi connectivity index (χ3n) is 4.72.